The summed E-state index contributed by atoms with van der Waals surface area (Å²) < 4.78 is 8.98. The number of para-hydroxylation sites is 2. The van der Waals surface area contributed by atoms with E-state index in [0.717, 1.165) is 12.8 Å². The summed E-state index contributed by atoms with van der Waals surface area (Å²) in [5.41, 5.74) is 1.92. The van der Waals surface area contributed by atoms with Gasteiger partial charge in [0.25, 0.3) is 5.56 Å². The van der Waals surface area contributed by atoms with Crippen molar-refractivity contribution in [1.82, 2.24) is 14.3 Å². The molecule has 1 unspecified atom stereocenters. The molecule has 1 atom stereocenters. The van der Waals surface area contributed by atoms with Crippen molar-refractivity contribution in [3.63, 3.8) is 0 Å². The number of phenols is 1. The number of hydrogen-bond acceptors (Lipinski definition) is 4. The summed E-state index contributed by atoms with van der Waals surface area (Å²) >= 11 is 0. The van der Waals surface area contributed by atoms with Gasteiger partial charge in [-0.3, -0.25) is 9.48 Å². The van der Waals surface area contributed by atoms with Crippen LogP contribution in [0.2, 0.25) is 0 Å². The van der Waals surface area contributed by atoms with Crippen LogP contribution in [0.15, 0.2) is 59.4 Å². The van der Waals surface area contributed by atoms with Gasteiger partial charge < -0.3 is 20.1 Å². The van der Waals surface area contributed by atoms with Gasteiger partial charge in [-0.1, -0.05) is 36.4 Å². The van der Waals surface area contributed by atoms with Gasteiger partial charge in [-0.25, -0.2) is 9.48 Å². The third-order valence-corrected chi connectivity index (χ3v) is 5.87. The Balaban J connectivity index is 1.62. The van der Waals surface area contributed by atoms with Crippen LogP contribution in [0.4, 0.5) is 10.5 Å². The van der Waals surface area contributed by atoms with Gasteiger partial charge in [0.05, 0.1) is 24.0 Å². The number of rotatable bonds is 6. The van der Waals surface area contributed by atoms with Gasteiger partial charge in [0, 0.05) is 25.8 Å². The maximum absolute atomic E-state index is 13.3. The predicted octanol–water partition coefficient (Wildman–Crippen LogP) is 3.40. The van der Waals surface area contributed by atoms with Crippen molar-refractivity contribution >= 4 is 11.7 Å². The minimum absolute atomic E-state index is 0.0653. The summed E-state index contributed by atoms with van der Waals surface area (Å²) in [7, 11) is 1.78. The van der Waals surface area contributed by atoms with Gasteiger partial charge >= 0.3 is 6.03 Å². The van der Waals surface area contributed by atoms with E-state index in [1.165, 1.54) is 4.68 Å². The molecule has 2 N–H and O–H groups in total. The maximum atomic E-state index is 13.3. The number of urea groups is 1. The molecule has 2 aromatic carbocycles. The molecule has 1 aliphatic rings. The summed E-state index contributed by atoms with van der Waals surface area (Å²) in [6, 6.07) is 15.8. The maximum Gasteiger partial charge on any atom is 0.322 e. The topological polar surface area (TPSA) is 88.7 Å². The lowest BCUT2D eigenvalue weighted by molar-refractivity contribution is 0.0817. The molecular formula is C24H28N4O4. The standard InChI is InChI=1S/C24H28N4O4/c1-17-22(23(30)28(26(17)2)19-10-4-3-5-11-19)25-24(31)27(16-20-12-8-14-32-20)15-18-9-6-7-13-21(18)29/h3-7,9-11,13,20,29H,8,12,14-16H2,1-2H3,(H,25,31). The van der Waals surface area contributed by atoms with Crippen molar-refractivity contribution in [2.24, 2.45) is 7.05 Å². The zero-order valence-electron chi connectivity index (χ0n) is 18.3. The van der Waals surface area contributed by atoms with E-state index in [0.29, 0.717) is 30.1 Å². The number of aromatic hydroxyl groups is 1. The summed E-state index contributed by atoms with van der Waals surface area (Å²) in [5.74, 6) is 0.125. The molecule has 8 nitrogen and oxygen atoms in total. The molecule has 1 saturated heterocycles. The fourth-order valence-electron chi connectivity index (χ4n) is 4.00. The average molecular weight is 437 g/mol. The Morgan fingerprint density at radius 3 is 2.59 bits per heavy atom. The third kappa shape index (κ3) is 4.40. The van der Waals surface area contributed by atoms with E-state index in [1.807, 2.05) is 36.4 Å². The molecule has 1 aromatic heterocycles. The molecule has 0 bridgehead atoms. The third-order valence-electron chi connectivity index (χ3n) is 5.87. The van der Waals surface area contributed by atoms with Crippen LogP contribution in [0, 0.1) is 6.92 Å². The molecule has 4 rings (SSSR count). The quantitative estimate of drug-likeness (QED) is 0.620. The van der Waals surface area contributed by atoms with Crippen LogP contribution in [0.5, 0.6) is 5.75 Å². The van der Waals surface area contributed by atoms with Crippen LogP contribution in [0.25, 0.3) is 5.69 Å². The lowest BCUT2D eigenvalue weighted by Crippen LogP contribution is -2.40. The number of nitrogens with zero attached hydrogens (tertiary/aromatic N) is 3. The molecular weight excluding hydrogens is 408 g/mol. The summed E-state index contributed by atoms with van der Waals surface area (Å²) in [5, 5.41) is 13.0. The molecule has 2 amide bonds. The fourth-order valence-corrected chi connectivity index (χ4v) is 4.00. The number of carbonyl (C=O) groups excluding carboxylic acids is 1. The molecule has 168 valence electrons. The highest BCUT2D eigenvalue weighted by Crippen LogP contribution is 2.21. The first kappa shape index (κ1) is 21.7. The van der Waals surface area contributed by atoms with Crippen molar-refractivity contribution in [2.75, 3.05) is 18.5 Å². The molecule has 0 radical (unpaired) electrons. The Kier molecular flexibility index (Phi) is 6.32. The van der Waals surface area contributed by atoms with Gasteiger partial charge in [0.15, 0.2) is 0 Å². The zero-order chi connectivity index (χ0) is 22.7. The normalized spacial score (nSPS) is 15.6. The van der Waals surface area contributed by atoms with Gasteiger partial charge in [0.2, 0.25) is 0 Å². The number of carbonyl (C=O) groups is 1. The van der Waals surface area contributed by atoms with Crippen molar-refractivity contribution < 1.29 is 14.6 Å². The average Bonchev–Trinajstić information content (AvgIpc) is 3.38. The van der Waals surface area contributed by atoms with E-state index in [4.69, 9.17) is 4.74 Å². The largest absolute Gasteiger partial charge is 0.508 e. The van der Waals surface area contributed by atoms with Crippen LogP contribution >= 0.6 is 0 Å². The zero-order valence-corrected chi connectivity index (χ0v) is 18.3. The smallest absolute Gasteiger partial charge is 0.322 e. The van der Waals surface area contributed by atoms with E-state index < -0.39 is 6.03 Å². The summed E-state index contributed by atoms with van der Waals surface area (Å²) in [6.07, 6.45) is 1.76. The first-order chi connectivity index (χ1) is 15.5. The second-order valence-corrected chi connectivity index (χ2v) is 8.01. The van der Waals surface area contributed by atoms with E-state index in [9.17, 15) is 14.7 Å². The lowest BCUT2D eigenvalue weighted by atomic mass is 10.1. The highest BCUT2D eigenvalue weighted by molar-refractivity contribution is 5.90. The SMILES string of the molecule is Cc1c(NC(=O)N(Cc2ccccc2O)CC2CCCO2)c(=O)n(-c2ccccc2)n1C. The van der Waals surface area contributed by atoms with Gasteiger partial charge in [0.1, 0.15) is 11.4 Å². The molecule has 32 heavy (non-hydrogen) atoms. The van der Waals surface area contributed by atoms with Crippen LogP contribution in [0.3, 0.4) is 0 Å². The Bertz CT molecular complexity index is 1150. The number of phenolic OH excluding ortho intramolecular Hbond substituents is 1. The number of aromatic nitrogens is 2. The Morgan fingerprint density at radius 1 is 1.19 bits per heavy atom. The minimum atomic E-state index is -0.408. The fraction of sp³-hybridized carbons (Fsp3) is 0.333. The van der Waals surface area contributed by atoms with Crippen LogP contribution in [-0.2, 0) is 18.3 Å². The molecule has 0 spiro atoms. The molecule has 2 heterocycles. The predicted molar refractivity (Wildman–Crippen MR) is 122 cm³/mol. The van der Waals surface area contributed by atoms with E-state index in [1.54, 1.807) is 41.8 Å². The molecule has 1 aliphatic heterocycles. The molecule has 0 aliphatic carbocycles. The summed E-state index contributed by atoms with van der Waals surface area (Å²) in [4.78, 5) is 28.1. The van der Waals surface area contributed by atoms with Crippen molar-refractivity contribution in [2.45, 2.75) is 32.4 Å². The number of benzene rings is 2. The lowest BCUT2D eigenvalue weighted by Gasteiger charge is -2.26. The number of ether oxygens (including phenoxy) is 1. The second-order valence-electron chi connectivity index (χ2n) is 8.01. The van der Waals surface area contributed by atoms with Gasteiger partial charge in [-0.05, 0) is 38.0 Å². The number of nitrogens with one attached hydrogen (secondary N) is 1. The van der Waals surface area contributed by atoms with E-state index in [2.05, 4.69) is 5.32 Å². The van der Waals surface area contributed by atoms with Crippen molar-refractivity contribution in [3.8, 4) is 11.4 Å². The molecule has 8 heteroatoms. The Hall–Kier alpha value is -3.52. The van der Waals surface area contributed by atoms with E-state index >= 15 is 0 Å². The highest BCUT2D eigenvalue weighted by atomic mass is 16.5. The Morgan fingerprint density at radius 2 is 1.91 bits per heavy atom. The van der Waals surface area contributed by atoms with Gasteiger partial charge in [-0.15, -0.1) is 0 Å². The van der Waals surface area contributed by atoms with Crippen molar-refractivity contribution in [3.05, 3.63) is 76.2 Å². The minimum Gasteiger partial charge on any atom is -0.508 e. The van der Waals surface area contributed by atoms with Crippen LogP contribution < -0.4 is 10.9 Å². The first-order valence-corrected chi connectivity index (χ1v) is 10.7. The monoisotopic (exact) mass is 436 g/mol. The molecule has 3 aromatic rings. The number of hydrogen-bond donors (Lipinski definition) is 2. The number of anilines is 1. The summed E-state index contributed by atoms with van der Waals surface area (Å²) in [6.45, 7) is 3.05. The second kappa shape index (κ2) is 9.32. The van der Waals surface area contributed by atoms with Gasteiger partial charge in [-0.2, -0.15) is 0 Å². The van der Waals surface area contributed by atoms with E-state index in [-0.39, 0.29) is 29.6 Å². The molecule has 0 saturated carbocycles. The van der Waals surface area contributed by atoms with Crippen molar-refractivity contribution in [1.29, 1.82) is 0 Å². The Labute approximate surface area is 186 Å². The number of amides is 2. The van der Waals surface area contributed by atoms with Crippen LogP contribution in [0.1, 0.15) is 24.1 Å². The molecule has 1 fully saturated rings. The van der Waals surface area contributed by atoms with Crippen LogP contribution in [-0.4, -0.2) is 44.7 Å². The highest BCUT2D eigenvalue weighted by Gasteiger charge is 2.26. The first-order valence-electron chi connectivity index (χ1n) is 10.7.